The van der Waals surface area contributed by atoms with Crippen LogP contribution in [0.5, 0.6) is 0 Å². The second-order valence-corrected chi connectivity index (χ2v) is 3.17. The van der Waals surface area contributed by atoms with Gasteiger partial charge >= 0.3 is 0 Å². The SMILES string of the molecule is Cl.NCCc1noc(C2=COCCC2)n1. The van der Waals surface area contributed by atoms with Gasteiger partial charge in [-0.2, -0.15) is 4.98 Å². The van der Waals surface area contributed by atoms with Gasteiger partial charge in [0.1, 0.15) is 0 Å². The Morgan fingerprint density at radius 3 is 3.00 bits per heavy atom. The quantitative estimate of drug-likeness (QED) is 0.845. The lowest BCUT2D eigenvalue weighted by Gasteiger charge is -2.09. The van der Waals surface area contributed by atoms with E-state index >= 15 is 0 Å². The van der Waals surface area contributed by atoms with Gasteiger partial charge in [-0.15, -0.1) is 12.4 Å². The molecule has 0 radical (unpaired) electrons. The largest absolute Gasteiger partial charge is 0.501 e. The van der Waals surface area contributed by atoms with Crippen molar-refractivity contribution in [2.24, 2.45) is 5.73 Å². The van der Waals surface area contributed by atoms with Crippen LogP contribution in [0.4, 0.5) is 0 Å². The molecule has 0 aliphatic carbocycles. The van der Waals surface area contributed by atoms with Gasteiger partial charge in [-0.1, -0.05) is 5.16 Å². The molecule has 6 heteroatoms. The van der Waals surface area contributed by atoms with Crippen molar-refractivity contribution in [1.82, 2.24) is 10.1 Å². The minimum absolute atomic E-state index is 0. The maximum atomic E-state index is 5.39. The second-order valence-electron chi connectivity index (χ2n) is 3.17. The molecule has 2 N–H and O–H groups in total. The Hall–Kier alpha value is -1.07. The number of rotatable bonds is 3. The summed E-state index contributed by atoms with van der Waals surface area (Å²) in [5.41, 5.74) is 6.37. The highest BCUT2D eigenvalue weighted by Gasteiger charge is 2.13. The Bertz CT molecular complexity index is 338. The van der Waals surface area contributed by atoms with Crippen LogP contribution in [0.15, 0.2) is 10.8 Å². The highest BCUT2D eigenvalue weighted by molar-refractivity contribution is 5.85. The predicted octanol–water partition coefficient (Wildman–Crippen LogP) is 1.14. The minimum Gasteiger partial charge on any atom is -0.501 e. The number of nitrogens with two attached hydrogens (primary N) is 1. The first-order valence-corrected chi connectivity index (χ1v) is 4.74. The maximum absolute atomic E-state index is 5.39. The monoisotopic (exact) mass is 231 g/mol. The van der Waals surface area contributed by atoms with Crippen LogP contribution in [-0.2, 0) is 11.2 Å². The second kappa shape index (κ2) is 5.72. The number of aromatic nitrogens is 2. The molecule has 0 amide bonds. The van der Waals surface area contributed by atoms with E-state index in [1.807, 2.05) is 0 Å². The Kier molecular flexibility index (Phi) is 4.58. The summed E-state index contributed by atoms with van der Waals surface area (Å²) in [5.74, 6) is 1.22. The molecule has 0 saturated heterocycles. The van der Waals surface area contributed by atoms with E-state index in [1.165, 1.54) is 0 Å². The maximum Gasteiger partial charge on any atom is 0.256 e. The third-order valence-corrected chi connectivity index (χ3v) is 2.04. The number of nitrogens with zero attached hydrogens (tertiary/aromatic N) is 2. The summed E-state index contributed by atoms with van der Waals surface area (Å²) in [6.45, 7) is 1.31. The first-order chi connectivity index (χ1) is 6.90. The van der Waals surface area contributed by atoms with Crippen molar-refractivity contribution in [3.8, 4) is 0 Å². The van der Waals surface area contributed by atoms with Crippen LogP contribution in [0.2, 0.25) is 0 Å². The van der Waals surface area contributed by atoms with Gasteiger partial charge in [-0.25, -0.2) is 0 Å². The van der Waals surface area contributed by atoms with E-state index in [-0.39, 0.29) is 12.4 Å². The van der Waals surface area contributed by atoms with Gasteiger partial charge in [0.25, 0.3) is 5.89 Å². The van der Waals surface area contributed by atoms with E-state index in [9.17, 15) is 0 Å². The minimum atomic E-state index is 0. The lowest BCUT2D eigenvalue weighted by Crippen LogP contribution is -2.04. The fraction of sp³-hybridized carbons (Fsp3) is 0.556. The fourth-order valence-electron chi connectivity index (χ4n) is 1.34. The number of halogens is 1. The van der Waals surface area contributed by atoms with Crippen molar-refractivity contribution in [3.05, 3.63) is 18.0 Å². The zero-order valence-electron chi connectivity index (χ0n) is 8.31. The van der Waals surface area contributed by atoms with Crippen molar-refractivity contribution in [1.29, 1.82) is 0 Å². The van der Waals surface area contributed by atoms with Crippen LogP contribution >= 0.6 is 12.4 Å². The van der Waals surface area contributed by atoms with E-state index in [0.717, 1.165) is 25.0 Å². The standard InChI is InChI=1S/C9H13N3O2.ClH/c10-4-3-8-11-9(14-12-8)7-2-1-5-13-6-7;/h6H,1-5,10H2;1H. The molecule has 1 aliphatic rings. The van der Waals surface area contributed by atoms with Gasteiger partial charge in [0.15, 0.2) is 5.82 Å². The highest BCUT2D eigenvalue weighted by Crippen LogP contribution is 2.21. The van der Waals surface area contributed by atoms with Gasteiger partial charge in [0, 0.05) is 6.42 Å². The van der Waals surface area contributed by atoms with Gasteiger partial charge in [-0.05, 0) is 19.4 Å². The van der Waals surface area contributed by atoms with Crippen LogP contribution in [0.25, 0.3) is 5.57 Å². The summed E-state index contributed by atoms with van der Waals surface area (Å²) in [6.07, 6.45) is 4.28. The van der Waals surface area contributed by atoms with Crippen LogP contribution in [-0.4, -0.2) is 23.3 Å². The third-order valence-electron chi connectivity index (χ3n) is 2.04. The number of allylic oxidation sites excluding steroid dienone is 1. The molecule has 0 spiro atoms. The van der Waals surface area contributed by atoms with Crippen LogP contribution in [0, 0.1) is 0 Å². The molecule has 1 aromatic heterocycles. The van der Waals surface area contributed by atoms with Crippen molar-refractivity contribution in [2.45, 2.75) is 19.3 Å². The molecule has 0 fully saturated rings. The van der Waals surface area contributed by atoms with Gasteiger partial charge in [0.2, 0.25) is 0 Å². The summed E-state index contributed by atoms with van der Waals surface area (Å²) in [5, 5.41) is 3.82. The average molecular weight is 232 g/mol. The molecule has 0 aromatic carbocycles. The summed E-state index contributed by atoms with van der Waals surface area (Å²) >= 11 is 0. The van der Waals surface area contributed by atoms with Crippen LogP contribution < -0.4 is 5.73 Å². The van der Waals surface area contributed by atoms with Crippen molar-refractivity contribution >= 4 is 18.0 Å². The van der Waals surface area contributed by atoms with Gasteiger partial charge < -0.3 is 15.0 Å². The van der Waals surface area contributed by atoms with E-state index in [4.69, 9.17) is 15.0 Å². The molecule has 2 heterocycles. The normalized spacial score (nSPS) is 15.1. The van der Waals surface area contributed by atoms with E-state index in [2.05, 4.69) is 10.1 Å². The van der Waals surface area contributed by atoms with Crippen molar-refractivity contribution in [2.75, 3.05) is 13.2 Å². The highest BCUT2D eigenvalue weighted by atomic mass is 35.5. The lowest BCUT2D eigenvalue weighted by atomic mass is 10.1. The van der Waals surface area contributed by atoms with E-state index < -0.39 is 0 Å². The number of hydrogen-bond acceptors (Lipinski definition) is 5. The van der Waals surface area contributed by atoms with Crippen LogP contribution in [0.1, 0.15) is 24.6 Å². The van der Waals surface area contributed by atoms with Crippen molar-refractivity contribution < 1.29 is 9.26 Å². The third kappa shape index (κ3) is 2.94. The Morgan fingerprint density at radius 2 is 2.33 bits per heavy atom. The molecular formula is C9H14ClN3O2. The summed E-state index contributed by atoms with van der Waals surface area (Å²) < 4.78 is 10.3. The number of ether oxygens (including phenoxy) is 1. The Labute approximate surface area is 94.1 Å². The molecular weight excluding hydrogens is 218 g/mol. The summed E-state index contributed by atoms with van der Waals surface area (Å²) in [4.78, 5) is 4.22. The molecule has 2 rings (SSSR count). The molecule has 0 bridgehead atoms. The van der Waals surface area contributed by atoms with Crippen molar-refractivity contribution in [3.63, 3.8) is 0 Å². The molecule has 0 saturated carbocycles. The average Bonchev–Trinajstić information content (AvgIpc) is 2.68. The van der Waals surface area contributed by atoms with Gasteiger partial charge in [0.05, 0.1) is 18.4 Å². The first-order valence-electron chi connectivity index (χ1n) is 4.74. The molecule has 1 aromatic rings. The topological polar surface area (TPSA) is 74.2 Å². The first kappa shape index (κ1) is 12.0. The number of hydrogen-bond donors (Lipinski definition) is 1. The van der Waals surface area contributed by atoms with E-state index in [0.29, 0.717) is 24.7 Å². The Morgan fingerprint density at radius 1 is 1.47 bits per heavy atom. The molecule has 0 atom stereocenters. The summed E-state index contributed by atoms with van der Waals surface area (Å²) in [7, 11) is 0. The lowest BCUT2D eigenvalue weighted by molar-refractivity contribution is 0.233. The molecule has 5 nitrogen and oxygen atoms in total. The van der Waals surface area contributed by atoms with E-state index in [1.54, 1.807) is 6.26 Å². The zero-order valence-corrected chi connectivity index (χ0v) is 9.13. The smallest absolute Gasteiger partial charge is 0.256 e. The molecule has 1 aliphatic heterocycles. The molecule has 84 valence electrons. The predicted molar refractivity (Wildman–Crippen MR) is 57.5 cm³/mol. The Balaban J connectivity index is 0.00000112. The van der Waals surface area contributed by atoms with Gasteiger partial charge in [-0.3, -0.25) is 0 Å². The van der Waals surface area contributed by atoms with Crippen LogP contribution in [0.3, 0.4) is 0 Å². The zero-order chi connectivity index (χ0) is 9.80. The molecule has 0 unspecified atom stereocenters. The summed E-state index contributed by atoms with van der Waals surface area (Å²) in [6, 6.07) is 0. The fourth-order valence-corrected chi connectivity index (χ4v) is 1.34. The molecule has 15 heavy (non-hydrogen) atoms.